The van der Waals surface area contributed by atoms with Crippen molar-refractivity contribution < 1.29 is 14.6 Å². The molecule has 1 amide bonds. The molecule has 0 bridgehead atoms. The topological polar surface area (TPSA) is 53.0 Å². The van der Waals surface area contributed by atoms with Crippen LogP contribution in [0.5, 0.6) is 0 Å². The number of nitrogens with zero attached hydrogens (tertiary/aromatic N) is 2. The Bertz CT molecular complexity index is 569. The summed E-state index contributed by atoms with van der Waals surface area (Å²) in [6, 6.07) is 8.01. The highest BCUT2D eigenvalue weighted by Crippen LogP contribution is 2.34. The fraction of sp³-hybridized carbons (Fsp3) is 0.650. The Balaban J connectivity index is 1.67. The number of aliphatic hydroxyl groups is 1. The van der Waals surface area contributed by atoms with Crippen LogP contribution < -0.4 is 4.90 Å². The molecule has 2 aliphatic heterocycles. The van der Waals surface area contributed by atoms with Gasteiger partial charge in [-0.3, -0.25) is 4.79 Å². The van der Waals surface area contributed by atoms with Crippen LogP contribution in [0.15, 0.2) is 24.3 Å². The highest BCUT2D eigenvalue weighted by Gasteiger charge is 2.36. The van der Waals surface area contributed by atoms with Gasteiger partial charge in [-0.15, -0.1) is 0 Å². The summed E-state index contributed by atoms with van der Waals surface area (Å²) in [4.78, 5) is 17.2. The molecule has 1 aromatic carbocycles. The molecular formula is C20H30N2O3. The summed E-state index contributed by atoms with van der Waals surface area (Å²) in [6.45, 7) is 4.32. The number of likely N-dealkylation sites (tertiary alicyclic amines) is 1. The predicted molar refractivity (Wildman–Crippen MR) is 99.0 cm³/mol. The molecule has 25 heavy (non-hydrogen) atoms. The number of carbonyl (C=O) groups excluding carboxylic acids is 1. The largest absolute Gasteiger partial charge is 0.396 e. The van der Waals surface area contributed by atoms with Gasteiger partial charge < -0.3 is 19.6 Å². The molecule has 1 N–H and O–H groups in total. The molecule has 0 saturated carbocycles. The third-order valence-corrected chi connectivity index (χ3v) is 5.71. The average molecular weight is 346 g/mol. The maximum atomic E-state index is 12.9. The Morgan fingerprint density at radius 1 is 1.16 bits per heavy atom. The predicted octanol–water partition coefficient (Wildman–Crippen LogP) is 2.54. The maximum absolute atomic E-state index is 12.9. The van der Waals surface area contributed by atoms with Crippen molar-refractivity contribution in [3.05, 3.63) is 29.8 Å². The van der Waals surface area contributed by atoms with Gasteiger partial charge in [0, 0.05) is 56.6 Å². The Labute approximate surface area is 150 Å². The van der Waals surface area contributed by atoms with Crippen molar-refractivity contribution in [3.63, 3.8) is 0 Å². The van der Waals surface area contributed by atoms with Crippen molar-refractivity contribution in [1.29, 1.82) is 0 Å². The molecule has 5 nitrogen and oxygen atoms in total. The van der Waals surface area contributed by atoms with Gasteiger partial charge >= 0.3 is 0 Å². The quantitative estimate of drug-likeness (QED) is 0.860. The summed E-state index contributed by atoms with van der Waals surface area (Å²) in [5.74, 6) is 0.0721. The van der Waals surface area contributed by atoms with Crippen LogP contribution in [-0.4, -0.2) is 62.4 Å². The van der Waals surface area contributed by atoms with Gasteiger partial charge in [0.15, 0.2) is 0 Å². The molecule has 5 heteroatoms. The zero-order valence-corrected chi connectivity index (χ0v) is 15.2. The second-order valence-corrected chi connectivity index (χ2v) is 7.47. The van der Waals surface area contributed by atoms with E-state index in [9.17, 15) is 9.90 Å². The van der Waals surface area contributed by atoms with Gasteiger partial charge in [-0.25, -0.2) is 0 Å². The van der Waals surface area contributed by atoms with Gasteiger partial charge in [-0.05, 0) is 56.4 Å². The number of benzene rings is 1. The first-order valence-corrected chi connectivity index (χ1v) is 9.41. The first kappa shape index (κ1) is 18.2. The number of hydrogen-bond donors (Lipinski definition) is 1. The van der Waals surface area contributed by atoms with E-state index in [0.717, 1.165) is 44.5 Å². The number of amides is 1. The number of carbonyl (C=O) groups is 1. The highest BCUT2D eigenvalue weighted by molar-refractivity contribution is 5.94. The van der Waals surface area contributed by atoms with Crippen LogP contribution in [0.3, 0.4) is 0 Å². The Morgan fingerprint density at radius 3 is 2.52 bits per heavy atom. The van der Waals surface area contributed by atoms with E-state index in [1.165, 1.54) is 18.5 Å². The van der Waals surface area contributed by atoms with Gasteiger partial charge in [-0.1, -0.05) is 0 Å². The molecule has 2 aliphatic rings. The molecule has 0 unspecified atom stereocenters. The molecular weight excluding hydrogens is 316 g/mol. The summed E-state index contributed by atoms with van der Waals surface area (Å²) in [7, 11) is 1.68. The zero-order valence-electron chi connectivity index (χ0n) is 15.2. The van der Waals surface area contributed by atoms with Crippen LogP contribution in [0.25, 0.3) is 0 Å². The number of piperidine rings is 1. The van der Waals surface area contributed by atoms with Crippen molar-refractivity contribution in [2.45, 2.75) is 32.1 Å². The van der Waals surface area contributed by atoms with Crippen molar-refractivity contribution in [3.8, 4) is 0 Å². The van der Waals surface area contributed by atoms with E-state index in [1.807, 2.05) is 17.0 Å². The molecule has 1 atom stereocenters. The molecule has 0 spiro atoms. The van der Waals surface area contributed by atoms with Crippen molar-refractivity contribution in [2.75, 3.05) is 51.4 Å². The van der Waals surface area contributed by atoms with Gasteiger partial charge in [0.05, 0.1) is 6.61 Å². The molecule has 0 aliphatic carbocycles. The molecule has 2 heterocycles. The van der Waals surface area contributed by atoms with Crippen LogP contribution in [-0.2, 0) is 4.74 Å². The summed E-state index contributed by atoms with van der Waals surface area (Å²) >= 11 is 0. The number of rotatable bonds is 6. The Hall–Kier alpha value is -1.59. The van der Waals surface area contributed by atoms with Crippen LogP contribution in [0.1, 0.15) is 42.5 Å². The minimum atomic E-state index is -0.223. The first-order chi connectivity index (χ1) is 12.2. The van der Waals surface area contributed by atoms with E-state index < -0.39 is 0 Å². The third kappa shape index (κ3) is 4.15. The molecule has 2 saturated heterocycles. The van der Waals surface area contributed by atoms with Crippen molar-refractivity contribution in [2.24, 2.45) is 5.41 Å². The minimum absolute atomic E-state index is 0.0721. The molecule has 0 radical (unpaired) electrons. The van der Waals surface area contributed by atoms with Crippen molar-refractivity contribution in [1.82, 2.24) is 4.90 Å². The fourth-order valence-electron chi connectivity index (χ4n) is 4.08. The zero-order chi connectivity index (χ0) is 17.7. The van der Waals surface area contributed by atoms with Gasteiger partial charge in [0.25, 0.3) is 5.91 Å². The number of aliphatic hydroxyl groups excluding tert-OH is 1. The van der Waals surface area contributed by atoms with Crippen LogP contribution in [0.2, 0.25) is 0 Å². The molecule has 1 aromatic rings. The van der Waals surface area contributed by atoms with Crippen LogP contribution >= 0.6 is 0 Å². The lowest BCUT2D eigenvalue weighted by Gasteiger charge is -2.42. The minimum Gasteiger partial charge on any atom is -0.396 e. The number of methoxy groups -OCH3 is 1. The second-order valence-electron chi connectivity index (χ2n) is 7.47. The SMILES string of the molecule is COCC[C@]1(CO)CCCN(C(=O)c2ccc(N3CCCC3)cc2)C1. The summed E-state index contributed by atoms with van der Waals surface area (Å²) < 4.78 is 5.19. The second kappa shape index (κ2) is 8.19. The monoisotopic (exact) mass is 346 g/mol. The number of hydrogen-bond acceptors (Lipinski definition) is 4. The number of anilines is 1. The van der Waals surface area contributed by atoms with Gasteiger partial charge in [0.2, 0.25) is 0 Å². The lowest BCUT2D eigenvalue weighted by atomic mass is 9.78. The fourth-order valence-corrected chi connectivity index (χ4v) is 4.08. The number of ether oxygens (including phenoxy) is 1. The summed E-state index contributed by atoms with van der Waals surface area (Å²) in [6.07, 6.45) is 5.17. The highest BCUT2D eigenvalue weighted by atomic mass is 16.5. The van der Waals surface area contributed by atoms with Gasteiger partial charge in [0.1, 0.15) is 0 Å². The molecule has 3 rings (SSSR count). The van der Waals surface area contributed by atoms with E-state index in [0.29, 0.717) is 13.2 Å². The third-order valence-electron chi connectivity index (χ3n) is 5.71. The van der Waals surface area contributed by atoms with E-state index >= 15 is 0 Å². The lowest BCUT2D eigenvalue weighted by Crippen LogP contribution is -2.48. The van der Waals surface area contributed by atoms with E-state index in [1.54, 1.807) is 7.11 Å². The van der Waals surface area contributed by atoms with E-state index in [4.69, 9.17) is 4.74 Å². The molecule has 138 valence electrons. The van der Waals surface area contributed by atoms with E-state index in [-0.39, 0.29) is 17.9 Å². The maximum Gasteiger partial charge on any atom is 0.253 e. The Kier molecular flexibility index (Phi) is 5.97. The lowest BCUT2D eigenvalue weighted by molar-refractivity contribution is 0.00898. The van der Waals surface area contributed by atoms with Gasteiger partial charge in [-0.2, -0.15) is 0 Å². The van der Waals surface area contributed by atoms with Crippen LogP contribution in [0.4, 0.5) is 5.69 Å². The summed E-state index contributed by atoms with van der Waals surface area (Å²) in [5.41, 5.74) is 1.72. The molecule has 0 aromatic heterocycles. The van der Waals surface area contributed by atoms with Crippen LogP contribution in [0, 0.1) is 5.41 Å². The smallest absolute Gasteiger partial charge is 0.253 e. The molecule has 2 fully saturated rings. The standard InChI is InChI=1S/C20H30N2O3/c1-25-14-10-20(16-23)9-4-13-22(15-20)19(24)17-5-7-18(8-6-17)21-11-2-3-12-21/h5-8,23H,2-4,9-16H2,1H3/t20-/m1/s1. The van der Waals surface area contributed by atoms with E-state index in [2.05, 4.69) is 17.0 Å². The summed E-state index contributed by atoms with van der Waals surface area (Å²) in [5, 5.41) is 9.90. The first-order valence-electron chi connectivity index (χ1n) is 9.41. The van der Waals surface area contributed by atoms with Crippen molar-refractivity contribution >= 4 is 11.6 Å². The average Bonchev–Trinajstić information content (AvgIpc) is 3.21. The Morgan fingerprint density at radius 2 is 1.88 bits per heavy atom. The normalized spacial score (nSPS) is 23.9.